The van der Waals surface area contributed by atoms with Gasteiger partial charge in [-0.05, 0) is 42.5 Å². The van der Waals surface area contributed by atoms with Gasteiger partial charge in [0.25, 0.3) is 5.91 Å². The molecule has 2 aromatic carbocycles. The van der Waals surface area contributed by atoms with Gasteiger partial charge in [-0.1, -0.05) is 11.6 Å². The molecule has 0 radical (unpaired) electrons. The number of carbonyl (C=O) groups is 2. The Balaban J connectivity index is 1.35. The summed E-state index contributed by atoms with van der Waals surface area (Å²) in [6, 6.07) is 12.4. The second-order valence-corrected chi connectivity index (χ2v) is 8.32. The molecule has 0 atom stereocenters. The normalized spacial score (nSPS) is 12.2. The number of nitrogens with one attached hydrogen (secondary N) is 3. The molecule has 2 amide bonds. The van der Waals surface area contributed by atoms with Gasteiger partial charge in [0.1, 0.15) is 5.82 Å². The molecule has 34 heavy (non-hydrogen) atoms. The van der Waals surface area contributed by atoms with Crippen LogP contribution < -0.4 is 10.6 Å². The molecular weight excluding hydrogens is 454 g/mol. The van der Waals surface area contributed by atoms with E-state index >= 15 is 0 Å². The monoisotopic (exact) mass is 473 g/mol. The van der Waals surface area contributed by atoms with Crippen LogP contribution in [0.15, 0.2) is 61.1 Å². The standard InChI is InChI=1S/C24H20ClN7O2/c1-32(13-20-26-8-9-27-20)23(34)14-2-5-17(6-3-14)29-24-28-12-15-10-21(33)30-19-11-16(25)4-7-18(19)22(15)31-24/h2-9,11-12H,10,13H2,1H3,(H,26,27)(H,30,33)(H,28,29,31). The van der Waals surface area contributed by atoms with Crippen molar-refractivity contribution >= 4 is 40.7 Å². The third-order valence-electron chi connectivity index (χ3n) is 5.40. The van der Waals surface area contributed by atoms with Crippen molar-refractivity contribution in [1.82, 2.24) is 24.8 Å². The molecule has 0 bridgehead atoms. The number of hydrogen-bond acceptors (Lipinski definition) is 6. The van der Waals surface area contributed by atoms with E-state index in [0.29, 0.717) is 34.5 Å². The van der Waals surface area contributed by atoms with Crippen molar-refractivity contribution in [3.63, 3.8) is 0 Å². The molecule has 0 aliphatic carbocycles. The highest BCUT2D eigenvalue weighted by molar-refractivity contribution is 6.31. The van der Waals surface area contributed by atoms with Crippen LogP contribution in [-0.4, -0.2) is 43.7 Å². The smallest absolute Gasteiger partial charge is 0.254 e. The third-order valence-corrected chi connectivity index (χ3v) is 5.64. The number of nitrogens with zero attached hydrogens (tertiary/aromatic N) is 4. The molecule has 0 unspecified atom stereocenters. The number of fused-ring (bicyclic) bond motifs is 3. The topological polar surface area (TPSA) is 116 Å². The van der Waals surface area contributed by atoms with E-state index in [1.165, 1.54) is 0 Å². The molecule has 5 rings (SSSR count). The predicted molar refractivity (Wildman–Crippen MR) is 129 cm³/mol. The summed E-state index contributed by atoms with van der Waals surface area (Å²) in [7, 11) is 1.73. The van der Waals surface area contributed by atoms with Gasteiger partial charge in [-0.2, -0.15) is 0 Å². The second-order valence-electron chi connectivity index (χ2n) is 7.88. The van der Waals surface area contributed by atoms with Gasteiger partial charge in [-0.15, -0.1) is 0 Å². The number of rotatable bonds is 5. The van der Waals surface area contributed by atoms with Crippen LogP contribution in [0.5, 0.6) is 0 Å². The fourth-order valence-corrected chi connectivity index (χ4v) is 3.92. The van der Waals surface area contributed by atoms with Crippen LogP contribution in [0, 0.1) is 0 Å². The number of anilines is 3. The quantitative estimate of drug-likeness (QED) is 0.403. The minimum absolute atomic E-state index is 0.114. The van der Waals surface area contributed by atoms with Crippen LogP contribution in [0.2, 0.25) is 5.02 Å². The van der Waals surface area contributed by atoms with E-state index in [2.05, 4.69) is 30.6 Å². The number of halogens is 1. The fourth-order valence-electron chi connectivity index (χ4n) is 3.75. The molecule has 9 nitrogen and oxygen atoms in total. The summed E-state index contributed by atoms with van der Waals surface area (Å²) in [5.74, 6) is 0.832. The van der Waals surface area contributed by atoms with Crippen LogP contribution in [0.1, 0.15) is 21.7 Å². The van der Waals surface area contributed by atoms with Crippen molar-refractivity contribution < 1.29 is 9.59 Å². The highest BCUT2D eigenvalue weighted by atomic mass is 35.5. The number of benzene rings is 2. The number of aromatic amines is 1. The third kappa shape index (κ3) is 4.46. The van der Waals surface area contributed by atoms with Crippen LogP contribution >= 0.6 is 11.6 Å². The zero-order valence-corrected chi connectivity index (χ0v) is 18.9. The molecule has 0 saturated heterocycles. The van der Waals surface area contributed by atoms with Gasteiger partial charge < -0.3 is 20.5 Å². The van der Waals surface area contributed by atoms with Gasteiger partial charge in [0.15, 0.2) is 0 Å². The van der Waals surface area contributed by atoms with Gasteiger partial charge in [0.05, 0.1) is 24.3 Å². The van der Waals surface area contributed by atoms with Gasteiger partial charge >= 0.3 is 0 Å². The Morgan fingerprint density at radius 3 is 2.76 bits per heavy atom. The molecule has 3 heterocycles. The summed E-state index contributed by atoms with van der Waals surface area (Å²) in [6.45, 7) is 0.388. The molecule has 170 valence electrons. The number of imidazole rings is 1. The predicted octanol–water partition coefficient (Wildman–Crippen LogP) is 4.03. The van der Waals surface area contributed by atoms with Gasteiger partial charge in [-0.25, -0.2) is 15.0 Å². The number of aromatic nitrogens is 4. The maximum Gasteiger partial charge on any atom is 0.254 e. The Labute approximate surface area is 200 Å². The maximum atomic E-state index is 12.7. The fraction of sp³-hybridized carbons (Fsp3) is 0.125. The average molecular weight is 474 g/mol. The maximum absolute atomic E-state index is 12.7. The summed E-state index contributed by atoms with van der Waals surface area (Å²) < 4.78 is 0. The second kappa shape index (κ2) is 8.95. The Kier molecular flexibility index (Phi) is 5.69. The first-order chi connectivity index (χ1) is 16.5. The van der Waals surface area contributed by atoms with Crippen molar-refractivity contribution in [3.8, 4) is 11.3 Å². The van der Waals surface area contributed by atoms with Crippen molar-refractivity contribution in [2.24, 2.45) is 0 Å². The SMILES string of the molecule is CN(Cc1ncc[nH]1)C(=O)c1ccc(Nc2ncc3c(n2)-c2ccc(Cl)cc2NC(=O)C3)cc1. The first-order valence-electron chi connectivity index (χ1n) is 10.5. The molecule has 2 aromatic heterocycles. The van der Waals surface area contributed by atoms with E-state index in [-0.39, 0.29) is 18.2 Å². The molecule has 0 spiro atoms. The minimum Gasteiger partial charge on any atom is -0.347 e. The summed E-state index contributed by atoms with van der Waals surface area (Å²) in [5, 5.41) is 6.56. The van der Waals surface area contributed by atoms with Crippen molar-refractivity contribution in [2.75, 3.05) is 17.7 Å². The van der Waals surface area contributed by atoms with Gasteiger partial charge in [0.2, 0.25) is 11.9 Å². The van der Waals surface area contributed by atoms with E-state index in [1.54, 1.807) is 66.9 Å². The summed E-state index contributed by atoms with van der Waals surface area (Å²) in [5.41, 5.74) is 4.05. The Morgan fingerprint density at radius 2 is 2.00 bits per heavy atom. The Bertz CT molecular complexity index is 1370. The van der Waals surface area contributed by atoms with E-state index in [4.69, 9.17) is 11.6 Å². The Morgan fingerprint density at radius 1 is 1.18 bits per heavy atom. The number of H-pyrrole nitrogens is 1. The van der Waals surface area contributed by atoms with Crippen molar-refractivity contribution in [2.45, 2.75) is 13.0 Å². The molecule has 1 aliphatic rings. The van der Waals surface area contributed by atoms with Crippen molar-refractivity contribution in [1.29, 1.82) is 0 Å². The average Bonchev–Trinajstić information content (AvgIpc) is 3.28. The molecular formula is C24H20ClN7O2. The van der Waals surface area contributed by atoms with E-state index in [0.717, 1.165) is 22.6 Å². The lowest BCUT2D eigenvalue weighted by atomic mass is 10.1. The zero-order chi connectivity index (χ0) is 23.7. The van der Waals surface area contributed by atoms with Crippen LogP contribution in [0.4, 0.5) is 17.3 Å². The molecule has 0 fully saturated rings. The number of carbonyl (C=O) groups excluding carboxylic acids is 2. The molecule has 0 saturated carbocycles. The van der Waals surface area contributed by atoms with E-state index in [9.17, 15) is 9.59 Å². The van der Waals surface area contributed by atoms with Crippen molar-refractivity contribution in [3.05, 3.63) is 83.0 Å². The van der Waals surface area contributed by atoms with Gasteiger partial charge in [0, 0.05) is 53.0 Å². The molecule has 10 heteroatoms. The number of hydrogen-bond donors (Lipinski definition) is 3. The lowest BCUT2D eigenvalue weighted by Crippen LogP contribution is -2.26. The van der Waals surface area contributed by atoms with Gasteiger partial charge in [-0.3, -0.25) is 9.59 Å². The van der Waals surface area contributed by atoms with Crippen LogP contribution in [0.25, 0.3) is 11.3 Å². The van der Waals surface area contributed by atoms with Crippen LogP contribution in [-0.2, 0) is 17.8 Å². The number of amides is 2. The molecule has 1 aliphatic heterocycles. The molecule has 4 aromatic rings. The largest absolute Gasteiger partial charge is 0.347 e. The highest BCUT2D eigenvalue weighted by Gasteiger charge is 2.21. The lowest BCUT2D eigenvalue weighted by Gasteiger charge is -2.16. The lowest BCUT2D eigenvalue weighted by molar-refractivity contribution is -0.115. The minimum atomic E-state index is -0.149. The summed E-state index contributed by atoms with van der Waals surface area (Å²) in [6.07, 6.45) is 5.20. The summed E-state index contributed by atoms with van der Waals surface area (Å²) >= 11 is 6.10. The first-order valence-corrected chi connectivity index (χ1v) is 10.9. The first kappa shape index (κ1) is 21.6. The van der Waals surface area contributed by atoms with E-state index in [1.807, 2.05) is 6.07 Å². The zero-order valence-electron chi connectivity index (χ0n) is 18.2. The molecule has 3 N–H and O–H groups in total. The van der Waals surface area contributed by atoms with E-state index < -0.39 is 0 Å². The Hall–Kier alpha value is -4.24. The summed E-state index contributed by atoms with van der Waals surface area (Å²) in [4.78, 5) is 42.7. The van der Waals surface area contributed by atoms with Crippen LogP contribution in [0.3, 0.4) is 0 Å². The highest BCUT2D eigenvalue weighted by Crippen LogP contribution is 2.34.